The fourth-order valence-electron chi connectivity index (χ4n) is 2.53. The van der Waals surface area contributed by atoms with Crippen LogP contribution in [0.25, 0.3) is 0 Å². The largest absolute Gasteiger partial charge is 0.495 e. The highest BCUT2D eigenvalue weighted by Gasteiger charge is 2.25. The molecule has 0 fully saturated rings. The van der Waals surface area contributed by atoms with Crippen LogP contribution in [0.2, 0.25) is 0 Å². The normalized spacial score (nSPS) is 11.7. The Bertz CT molecular complexity index is 1300. The summed E-state index contributed by atoms with van der Waals surface area (Å²) in [6, 6.07) is 13.3. The molecule has 0 aliphatic heterocycles. The Kier molecular flexibility index (Phi) is 5.94. The Balaban J connectivity index is 2.03. The summed E-state index contributed by atoms with van der Waals surface area (Å²) < 4.78 is 87.7. The van der Waals surface area contributed by atoms with Crippen molar-refractivity contribution in [3.63, 3.8) is 0 Å². The van der Waals surface area contributed by atoms with Crippen molar-refractivity contribution in [2.75, 3.05) is 16.6 Å². The first-order valence-corrected chi connectivity index (χ1v) is 11.3. The lowest BCUT2D eigenvalue weighted by atomic mass is 10.3. The third kappa shape index (κ3) is 4.52. The fourth-order valence-corrected chi connectivity index (χ4v) is 4.96. The predicted molar refractivity (Wildman–Crippen MR) is 107 cm³/mol. The number of anilines is 2. The first kappa shape index (κ1) is 21.5. The predicted octanol–water partition coefficient (Wildman–Crippen LogP) is 3.58. The number of ether oxygens (including phenoxy) is 1. The molecular weight excluding hydrogens is 438 g/mol. The number of halogens is 2. The maximum Gasteiger partial charge on any atom is 0.265 e. The Hall–Kier alpha value is -3.18. The summed E-state index contributed by atoms with van der Waals surface area (Å²) in [5.41, 5.74) is -0.625. The Morgan fingerprint density at radius 1 is 0.733 bits per heavy atom. The van der Waals surface area contributed by atoms with Gasteiger partial charge in [0.15, 0.2) is 0 Å². The molecule has 0 aromatic heterocycles. The number of nitrogens with one attached hydrogen (secondary N) is 2. The van der Waals surface area contributed by atoms with Crippen LogP contribution in [0.1, 0.15) is 0 Å². The third-order valence-corrected chi connectivity index (χ3v) is 6.72. The van der Waals surface area contributed by atoms with Crippen LogP contribution in [0.15, 0.2) is 76.5 Å². The highest BCUT2D eigenvalue weighted by molar-refractivity contribution is 7.93. The highest BCUT2D eigenvalue weighted by atomic mass is 32.2. The lowest BCUT2D eigenvalue weighted by Crippen LogP contribution is -2.18. The van der Waals surface area contributed by atoms with E-state index in [-0.39, 0.29) is 17.1 Å². The minimum absolute atomic E-state index is 0.163. The fraction of sp³-hybridized carbons (Fsp3) is 0.0526. The highest BCUT2D eigenvalue weighted by Crippen LogP contribution is 2.30. The van der Waals surface area contributed by atoms with Crippen molar-refractivity contribution in [3.05, 3.63) is 78.4 Å². The van der Waals surface area contributed by atoms with Gasteiger partial charge in [-0.15, -0.1) is 0 Å². The molecule has 0 atom stereocenters. The monoisotopic (exact) mass is 454 g/mol. The molecule has 0 bridgehead atoms. The molecule has 158 valence electrons. The molecule has 0 amide bonds. The van der Waals surface area contributed by atoms with Gasteiger partial charge in [0.25, 0.3) is 20.0 Å². The van der Waals surface area contributed by atoms with Gasteiger partial charge in [0.1, 0.15) is 22.3 Å². The molecular formula is C19H16F2N2O5S2. The quantitative estimate of drug-likeness (QED) is 0.568. The smallest absolute Gasteiger partial charge is 0.265 e. The summed E-state index contributed by atoms with van der Waals surface area (Å²) >= 11 is 0. The van der Waals surface area contributed by atoms with E-state index in [1.54, 1.807) is 0 Å². The third-order valence-electron chi connectivity index (χ3n) is 3.97. The van der Waals surface area contributed by atoms with Crippen molar-refractivity contribution < 1.29 is 30.4 Å². The van der Waals surface area contributed by atoms with Crippen molar-refractivity contribution in [3.8, 4) is 5.75 Å². The number of methoxy groups -OCH3 is 1. The zero-order valence-corrected chi connectivity index (χ0v) is 17.1. The van der Waals surface area contributed by atoms with E-state index in [2.05, 4.69) is 9.44 Å². The summed E-state index contributed by atoms with van der Waals surface area (Å²) in [6.45, 7) is 0. The van der Waals surface area contributed by atoms with E-state index in [0.717, 1.165) is 30.3 Å². The zero-order chi connectivity index (χ0) is 21.9. The molecule has 3 aromatic carbocycles. The van der Waals surface area contributed by atoms with E-state index in [1.165, 1.54) is 43.5 Å². The summed E-state index contributed by atoms with van der Waals surface area (Å²) in [5, 5.41) is 0. The van der Waals surface area contributed by atoms with Crippen LogP contribution in [0.4, 0.5) is 20.2 Å². The topological polar surface area (TPSA) is 102 Å². The molecule has 7 nitrogen and oxygen atoms in total. The van der Waals surface area contributed by atoms with Crippen molar-refractivity contribution in [2.24, 2.45) is 0 Å². The van der Waals surface area contributed by atoms with E-state index >= 15 is 0 Å². The van der Waals surface area contributed by atoms with Crippen molar-refractivity contribution >= 4 is 31.4 Å². The molecule has 0 heterocycles. The van der Waals surface area contributed by atoms with E-state index in [1.807, 2.05) is 0 Å². The second-order valence-corrected chi connectivity index (χ2v) is 9.32. The molecule has 3 aromatic rings. The second-order valence-electron chi connectivity index (χ2n) is 5.98. The van der Waals surface area contributed by atoms with Gasteiger partial charge in [0.05, 0.1) is 23.4 Å². The van der Waals surface area contributed by atoms with Crippen LogP contribution < -0.4 is 14.2 Å². The minimum Gasteiger partial charge on any atom is -0.495 e. The zero-order valence-electron chi connectivity index (χ0n) is 15.5. The summed E-state index contributed by atoms with van der Waals surface area (Å²) in [4.78, 5) is -0.995. The molecule has 0 unspecified atom stereocenters. The van der Waals surface area contributed by atoms with E-state index in [9.17, 15) is 25.6 Å². The molecule has 0 radical (unpaired) electrons. The van der Waals surface area contributed by atoms with Crippen LogP contribution in [-0.2, 0) is 20.0 Å². The first-order valence-electron chi connectivity index (χ1n) is 8.37. The van der Waals surface area contributed by atoms with Crippen LogP contribution in [0.3, 0.4) is 0 Å². The standard InChI is InChI=1S/C19H16F2N2O5S2/c1-28-18-11-10-13(29(24,25)22-16-8-4-2-6-14(16)20)12-19(18)30(26,27)23-17-9-5-3-7-15(17)21/h2-12,22-23H,1H3. The van der Waals surface area contributed by atoms with Crippen LogP contribution >= 0.6 is 0 Å². The molecule has 11 heteroatoms. The van der Waals surface area contributed by atoms with E-state index < -0.39 is 41.5 Å². The number of hydrogen-bond acceptors (Lipinski definition) is 5. The Morgan fingerprint density at radius 2 is 1.23 bits per heavy atom. The Labute approximate surface area is 172 Å². The molecule has 0 saturated carbocycles. The molecule has 0 aliphatic rings. The average Bonchev–Trinajstić information content (AvgIpc) is 2.70. The molecule has 2 N–H and O–H groups in total. The minimum atomic E-state index is -4.42. The molecule has 0 aliphatic carbocycles. The lowest BCUT2D eigenvalue weighted by molar-refractivity contribution is 0.402. The lowest BCUT2D eigenvalue weighted by Gasteiger charge is -2.14. The molecule has 0 spiro atoms. The van der Waals surface area contributed by atoms with Gasteiger partial charge >= 0.3 is 0 Å². The van der Waals surface area contributed by atoms with E-state index in [4.69, 9.17) is 4.74 Å². The molecule has 0 saturated heterocycles. The molecule has 3 rings (SSSR count). The number of rotatable bonds is 7. The number of para-hydroxylation sites is 2. The number of sulfonamides is 2. The summed E-state index contributed by atoms with van der Waals surface area (Å²) in [5.74, 6) is -1.78. The van der Waals surface area contributed by atoms with Gasteiger partial charge in [-0.3, -0.25) is 9.44 Å². The maximum atomic E-state index is 13.9. The average molecular weight is 454 g/mol. The van der Waals surface area contributed by atoms with E-state index in [0.29, 0.717) is 0 Å². The SMILES string of the molecule is COc1ccc(S(=O)(=O)Nc2ccccc2F)cc1S(=O)(=O)Nc1ccccc1F. The van der Waals surface area contributed by atoms with Gasteiger partial charge in [0, 0.05) is 0 Å². The Morgan fingerprint density at radius 3 is 1.73 bits per heavy atom. The van der Waals surface area contributed by atoms with Gasteiger partial charge in [-0.1, -0.05) is 24.3 Å². The van der Waals surface area contributed by atoms with Gasteiger partial charge in [-0.2, -0.15) is 0 Å². The van der Waals surface area contributed by atoms with Crippen LogP contribution in [0.5, 0.6) is 5.75 Å². The van der Waals surface area contributed by atoms with Gasteiger partial charge in [-0.25, -0.2) is 25.6 Å². The molecule has 30 heavy (non-hydrogen) atoms. The number of benzene rings is 3. The first-order chi connectivity index (χ1) is 14.1. The summed E-state index contributed by atoms with van der Waals surface area (Å²) in [6.07, 6.45) is 0. The van der Waals surface area contributed by atoms with Gasteiger partial charge < -0.3 is 4.74 Å². The van der Waals surface area contributed by atoms with Gasteiger partial charge in [0.2, 0.25) is 0 Å². The van der Waals surface area contributed by atoms with Crippen molar-refractivity contribution in [1.82, 2.24) is 0 Å². The van der Waals surface area contributed by atoms with Crippen molar-refractivity contribution in [1.29, 1.82) is 0 Å². The van der Waals surface area contributed by atoms with Crippen molar-refractivity contribution in [2.45, 2.75) is 9.79 Å². The van der Waals surface area contributed by atoms with Crippen LogP contribution in [0, 0.1) is 11.6 Å². The number of hydrogen-bond donors (Lipinski definition) is 2. The summed E-state index contributed by atoms with van der Waals surface area (Å²) in [7, 11) is -7.56. The second kappa shape index (κ2) is 8.28. The van der Waals surface area contributed by atoms with Gasteiger partial charge in [-0.05, 0) is 42.5 Å². The maximum absolute atomic E-state index is 13.9. The van der Waals surface area contributed by atoms with Crippen LogP contribution in [-0.4, -0.2) is 23.9 Å².